The first-order chi connectivity index (χ1) is 7.52. The monoisotopic (exact) mass is 225 g/mol. The molecule has 0 radical (unpaired) electrons. The smallest absolute Gasteiger partial charge is 0.143 e. The minimum absolute atomic E-state index is 0.0266. The quantitative estimate of drug-likeness (QED) is 0.325. The maximum Gasteiger partial charge on any atom is 0.143 e. The fourth-order valence-electron chi connectivity index (χ4n) is 1.55. The SMILES string of the molecule is CC(CN(C)Cc1ccn(C)n1)/C(N)=N/O. The lowest BCUT2D eigenvalue weighted by molar-refractivity contribution is 0.288. The lowest BCUT2D eigenvalue weighted by Gasteiger charge is -2.19. The molecule has 3 N–H and O–H groups in total. The van der Waals surface area contributed by atoms with Crippen LogP contribution in [0.2, 0.25) is 0 Å². The summed E-state index contributed by atoms with van der Waals surface area (Å²) in [5, 5.41) is 15.8. The number of oxime groups is 1. The fourth-order valence-corrected chi connectivity index (χ4v) is 1.55. The molecule has 0 amide bonds. The van der Waals surface area contributed by atoms with Gasteiger partial charge in [0.2, 0.25) is 0 Å². The zero-order valence-corrected chi connectivity index (χ0v) is 9.96. The van der Waals surface area contributed by atoms with Crippen molar-refractivity contribution in [2.75, 3.05) is 13.6 Å². The van der Waals surface area contributed by atoms with Crippen molar-refractivity contribution in [1.82, 2.24) is 14.7 Å². The maximum absolute atomic E-state index is 8.54. The third-order valence-corrected chi connectivity index (χ3v) is 2.41. The largest absolute Gasteiger partial charge is 0.409 e. The number of hydrogen-bond donors (Lipinski definition) is 2. The topological polar surface area (TPSA) is 79.7 Å². The highest BCUT2D eigenvalue weighted by Crippen LogP contribution is 2.03. The van der Waals surface area contributed by atoms with E-state index in [4.69, 9.17) is 10.9 Å². The molecular weight excluding hydrogens is 206 g/mol. The van der Waals surface area contributed by atoms with Crippen LogP contribution >= 0.6 is 0 Å². The lowest BCUT2D eigenvalue weighted by atomic mass is 10.1. The Balaban J connectivity index is 2.44. The minimum Gasteiger partial charge on any atom is -0.409 e. The molecule has 1 unspecified atom stereocenters. The molecule has 1 heterocycles. The molecule has 0 aliphatic rings. The van der Waals surface area contributed by atoms with Gasteiger partial charge in [0.25, 0.3) is 0 Å². The first-order valence-corrected chi connectivity index (χ1v) is 5.17. The molecule has 90 valence electrons. The normalized spacial score (nSPS) is 14.4. The first-order valence-electron chi connectivity index (χ1n) is 5.17. The zero-order chi connectivity index (χ0) is 12.1. The summed E-state index contributed by atoms with van der Waals surface area (Å²) >= 11 is 0. The molecule has 16 heavy (non-hydrogen) atoms. The van der Waals surface area contributed by atoms with Crippen LogP contribution in [0, 0.1) is 5.92 Å². The molecule has 0 aromatic carbocycles. The fraction of sp³-hybridized carbons (Fsp3) is 0.600. The van der Waals surface area contributed by atoms with Crippen LogP contribution in [0.1, 0.15) is 12.6 Å². The predicted octanol–water partition coefficient (Wildman–Crippen LogP) is 0.234. The van der Waals surface area contributed by atoms with Crippen LogP contribution in [-0.2, 0) is 13.6 Å². The Morgan fingerprint density at radius 3 is 2.94 bits per heavy atom. The van der Waals surface area contributed by atoms with Crippen molar-refractivity contribution in [3.05, 3.63) is 18.0 Å². The Morgan fingerprint density at radius 2 is 2.44 bits per heavy atom. The van der Waals surface area contributed by atoms with Gasteiger partial charge in [-0.05, 0) is 13.1 Å². The van der Waals surface area contributed by atoms with E-state index in [0.29, 0.717) is 0 Å². The summed E-state index contributed by atoms with van der Waals surface area (Å²) in [6.45, 7) is 3.40. The average Bonchev–Trinajstić information content (AvgIpc) is 2.62. The van der Waals surface area contributed by atoms with E-state index in [1.165, 1.54) is 0 Å². The molecule has 0 saturated carbocycles. The van der Waals surface area contributed by atoms with Crippen molar-refractivity contribution < 1.29 is 5.21 Å². The molecular formula is C10H19N5O. The molecule has 0 aliphatic heterocycles. The molecule has 0 saturated heterocycles. The molecule has 6 nitrogen and oxygen atoms in total. The Bertz CT molecular complexity index is 360. The second-order valence-electron chi connectivity index (χ2n) is 4.10. The van der Waals surface area contributed by atoms with E-state index in [9.17, 15) is 0 Å². The minimum atomic E-state index is 0.0266. The summed E-state index contributed by atoms with van der Waals surface area (Å²) in [4.78, 5) is 2.09. The molecule has 0 spiro atoms. The number of aryl methyl sites for hydroxylation is 1. The summed E-state index contributed by atoms with van der Waals surface area (Å²) in [6.07, 6.45) is 1.91. The van der Waals surface area contributed by atoms with Gasteiger partial charge in [0.1, 0.15) is 5.84 Å². The van der Waals surface area contributed by atoms with E-state index < -0.39 is 0 Å². The van der Waals surface area contributed by atoms with E-state index in [1.54, 1.807) is 4.68 Å². The number of rotatable bonds is 5. The number of amidine groups is 1. The second kappa shape index (κ2) is 5.50. The Hall–Kier alpha value is -1.56. The third kappa shape index (κ3) is 3.54. The number of aromatic nitrogens is 2. The number of nitrogens with two attached hydrogens (primary N) is 1. The van der Waals surface area contributed by atoms with E-state index >= 15 is 0 Å². The van der Waals surface area contributed by atoms with Crippen molar-refractivity contribution in [3.63, 3.8) is 0 Å². The highest BCUT2D eigenvalue weighted by atomic mass is 16.4. The number of hydrogen-bond acceptors (Lipinski definition) is 4. The van der Waals surface area contributed by atoms with Crippen LogP contribution in [0.25, 0.3) is 0 Å². The van der Waals surface area contributed by atoms with Crippen LogP contribution in [0.5, 0.6) is 0 Å². The van der Waals surface area contributed by atoms with Crippen LogP contribution in [0.15, 0.2) is 17.4 Å². The Morgan fingerprint density at radius 1 is 1.75 bits per heavy atom. The molecule has 1 atom stereocenters. The van der Waals surface area contributed by atoms with Gasteiger partial charge >= 0.3 is 0 Å². The standard InChI is InChI=1S/C10H19N5O/c1-8(10(11)13-16)6-14(2)7-9-4-5-15(3)12-9/h4-5,8,16H,6-7H2,1-3H3,(H2,11,13). The Kier molecular flexibility index (Phi) is 4.30. The van der Waals surface area contributed by atoms with Crippen LogP contribution < -0.4 is 5.73 Å². The van der Waals surface area contributed by atoms with Crippen LogP contribution in [0.3, 0.4) is 0 Å². The van der Waals surface area contributed by atoms with Gasteiger partial charge in [-0.15, -0.1) is 0 Å². The summed E-state index contributed by atoms with van der Waals surface area (Å²) < 4.78 is 1.77. The summed E-state index contributed by atoms with van der Waals surface area (Å²) in [6, 6.07) is 1.98. The zero-order valence-electron chi connectivity index (χ0n) is 9.96. The highest BCUT2D eigenvalue weighted by molar-refractivity contribution is 5.82. The summed E-state index contributed by atoms with van der Waals surface area (Å²) in [5.41, 5.74) is 6.53. The van der Waals surface area contributed by atoms with Gasteiger partial charge in [-0.2, -0.15) is 5.10 Å². The number of nitrogens with zero attached hydrogens (tertiary/aromatic N) is 4. The molecule has 6 heteroatoms. The van der Waals surface area contributed by atoms with Gasteiger partial charge in [0.05, 0.1) is 5.69 Å². The molecule has 1 rings (SSSR count). The second-order valence-corrected chi connectivity index (χ2v) is 4.10. The van der Waals surface area contributed by atoms with Crippen molar-refractivity contribution >= 4 is 5.84 Å². The molecule has 1 aromatic heterocycles. The van der Waals surface area contributed by atoms with Gasteiger partial charge in [-0.1, -0.05) is 12.1 Å². The van der Waals surface area contributed by atoms with E-state index in [2.05, 4.69) is 15.2 Å². The molecule has 1 aromatic rings. The molecule has 0 aliphatic carbocycles. The third-order valence-electron chi connectivity index (χ3n) is 2.41. The van der Waals surface area contributed by atoms with Gasteiger partial charge in [-0.3, -0.25) is 9.58 Å². The van der Waals surface area contributed by atoms with Gasteiger partial charge < -0.3 is 10.9 Å². The average molecular weight is 225 g/mol. The van der Waals surface area contributed by atoms with E-state index in [1.807, 2.05) is 33.3 Å². The van der Waals surface area contributed by atoms with Crippen molar-refractivity contribution in [2.45, 2.75) is 13.5 Å². The van der Waals surface area contributed by atoms with Gasteiger partial charge in [0, 0.05) is 32.3 Å². The van der Waals surface area contributed by atoms with Crippen LogP contribution in [0.4, 0.5) is 0 Å². The Labute approximate surface area is 95.3 Å². The van der Waals surface area contributed by atoms with Crippen LogP contribution in [-0.4, -0.2) is 39.3 Å². The molecule has 0 bridgehead atoms. The maximum atomic E-state index is 8.54. The summed E-state index contributed by atoms with van der Waals surface area (Å²) in [7, 11) is 3.87. The lowest BCUT2D eigenvalue weighted by Crippen LogP contribution is -2.32. The molecule has 0 fully saturated rings. The summed E-state index contributed by atoms with van der Waals surface area (Å²) in [5.74, 6) is 0.284. The predicted molar refractivity (Wildman–Crippen MR) is 62.1 cm³/mol. The van der Waals surface area contributed by atoms with Crippen molar-refractivity contribution in [3.8, 4) is 0 Å². The van der Waals surface area contributed by atoms with Crippen molar-refractivity contribution in [1.29, 1.82) is 0 Å². The highest BCUT2D eigenvalue weighted by Gasteiger charge is 2.11. The van der Waals surface area contributed by atoms with Crippen molar-refractivity contribution in [2.24, 2.45) is 23.9 Å². The van der Waals surface area contributed by atoms with E-state index in [-0.39, 0.29) is 11.8 Å². The first kappa shape index (κ1) is 12.5. The van der Waals surface area contributed by atoms with Gasteiger partial charge in [0.15, 0.2) is 0 Å². The van der Waals surface area contributed by atoms with E-state index in [0.717, 1.165) is 18.8 Å². The van der Waals surface area contributed by atoms with Gasteiger partial charge in [-0.25, -0.2) is 0 Å².